The van der Waals surface area contributed by atoms with Gasteiger partial charge in [0.1, 0.15) is 6.54 Å². The molecule has 0 saturated carbocycles. The molecule has 1 fully saturated rings. The Hall–Kier alpha value is -1.35. The maximum Gasteiger partial charge on any atom is 0.177 e. The zero-order valence-corrected chi connectivity index (χ0v) is 16.9. The van der Waals surface area contributed by atoms with Gasteiger partial charge in [-0.3, -0.25) is 0 Å². The van der Waals surface area contributed by atoms with Gasteiger partial charge in [0.2, 0.25) is 0 Å². The predicted molar refractivity (Wildman–Crippen MR) is 98.3 cm³/mol. The number of hydrogen-bond acceptors (Lipinski definition) is 1. The van der Waals surface area contributed by atoms with Crippen molar-refractivity contribution >= 4 is 0 Å². The Balaban J connectivity index is 0.00000225. The van der Waals surface area contributed by atoms with Crippen molar-refractivity contribution < 1.29 is 33.6 Å². The lowest BCUT2D eigenvalue weighted by molar-refractivity contribution is -0.907. The maximum atomic E-state index is 11.4. The third kappa shape index (κ3) is 4.84. The fourth-order valence-electron chi connectivity index (χ4n) is 3.46. The van der Waals surface area contributed by atoms with E-state index >= 15 is 0 Å². The lowest BCUT2D eigenvalue weighted by Gasteiger charge is -2.36. The number of likely N-dealkylation sites (tertiary alicyclic amines) is 1. The van der Waals surface area contributed by atoms with E-state index in [0.717, 1.165) is 22.2 Å². The van der Waals surface area contributed by atoms with E-state index in [1.54, 1.807) is 0 Å². The van der Waals surface area contributed by atoms with Crippen molar-refractivity contribution in [1.29, 1.82) is 0 Å². The Morgan fingerprint density at radius 3 is 1.84 bits per heavy atom. The van der Waals surface area contributed by atoms with Gasteiger partial charge in [0.05, 0.1) is 20.1 Å². The fourth-order valence-corrected chi connectivity index (χ4v) is 3.46. The van der Waals surface area contributed by atoms with E-state index in [2.05, 4.69) is 18.9 Å². The molecule has 3 heteroatoms. The largest absolute Gasteiger partial charge is 1.00 e. The van der Waals surface area contributed by atoms with Crippen LogP contribution in [0.25, 0.3) is 0 Å². The highest BCUT2D eigenvalue weighted by atomic mass is 127. The first-order chi connectivity index (χ1) is 11.6. The molecule has 0 aromatic heterocycles. The van der Waals surface area contributed by atoms with Crippen LogP contribution in [0, 0.1) is 11.8 Å². The number of piperidine rings is 1. The molecule has 0 aliphatic carbocycles. The summed E-state index contributed by atoms with van der Waals surface area (Å²) in [6.45, 7) is 3.16. The van der Waals surface area contributed by atoms with Gasteiger partial charge in [0.15, 0.2) is 5.60 Å². The quantitative estimate of drug-likeness (QED) is 0.415. The van der Waals surface area contributed by atoms with E-state index in [-0.39, 0.29) is 24.0 Å². The maximum absolute atomic E-state index is 11.4. The highest BCUT2D eigenvalue weighted by molar-refractivity contribution is 5.44. The Labute approximate surface area is 168 Å². The van der Waals surface area contributed by atoms with Crippen LogP contribution in [0.3, 0.4) is 0 Å². The van der Waals surface area contributed by atoms with E-state index in [4.69, 9.17) is 0 Å². The highest BCUT2D eigenvalue weighted by Gasteiger charge is 2.30. The highest BCUT2D eigenvalue weighted by Crippen LogP contribution is 2.28. The molecule has 1 N–H and O–H groups in total. The van der Waals surface area contributed by atoms with E-state index in [1.165, 1.54) is 32.4 Å². The molecule has 0 atom stereocenters. The summed E-state index contributed by atoms with van der Waals surface area (Å²) in [7, 11) is 2.28. The normalized spacial score (nSPS) is 16.2. The van der Waals surface area contributed by atoms with Gasteiger partial charge in [-0.1, -0.05) is 66.6 Å². The van der Waals surface area contributed by atoms with Gasteiger partial charge in [-0.15, -0.1) is 0 Å². The SMILES string of the molecule is C[N+]1(CC#CC(O)(c2ccccc2)c2ccccc2)CCCCC1.[I-]. The van der Waals surface area contributed by atoms with Crippen LogP contribution in [0.1, 0.15) is 30.4 Å². The van der Waals surface area contributed by atoms with Gasteiger partial charge in [-0.05, 0) is 25.2 Å². The summed E-state index contributed by atoms with van der Waals surface area (Å²) in [5, 5.41) is 11.4. The van der Waals surface area contributed by atoms with Crippen LogP contribution in [0.2, 0.25) is 0 Å². The molecule has 1 saturated heterocycles. The molecular formula is C22H26INO. The zero-order chi connectivity index (χ0) is 16.9. The summed E-state index contributed by atoms with van der Waals surface area (Å²) in [4.78, 5) is 0. The Morgan fingerprint density at radius 2 is 1.36 bits per heavy atom. The Kier molecular flexibility index (Phi) is 7.06. The molecule has 0 bridgehead atoms. The van der Waals surface area contributed by atoms with Crippen molar-refractivity contribution in [3.05, 3.63) is 71.8 Å². The molecule has 1 heterocycles. The number of nitrogens with zero attached hydrogens (tertiary/aromatic N) is 1. The second kappa shape index (κ2) is 8.84. The van der Waals surface area contributed by atoms with Crippen LogP contribution in [0.5, 0.6) is 0 Å². The standard InChI is InChI=1S/C22H26NO.HI/c1-23(17-9-4-10-18-23)19-11-16-22(24,20-12-5-2-6-13-20)21-14-7-3-8-15-21;/h2-3,5-8,12-15,24H,4,9-10,17-19H2,1H3;1H/q+1;/p-1. The first-order valence-electron chi connectivity index (χ1n) is 8.79. The Morgan fingerprint density at radius 1 is 0.880 bits per heavy atom. The summed E-state index contributed by atoms with van der Waals surface area (Å²) >= 11 is 0. The Bertz CT molecular complexity index is 672. The van der Waals surface area contributed by atoms with Crippen LogP contribution < -0.4 is 24.0 Å². The van der Waals surface area contributed by atoms with Gasteiger partial charge < -0.3 is 33.6 Å². The summed E-state index contributed by atoms with van der Waals surface area (Å²) in [5.41, 5.74) is 0.396. The van der Waals surface area contributed by atoms with Crippen LogP contribution >= 0.6 is 0 Å². The number of rotatable bonds is 3. The molecule has 132 valence electrons. The van der Waals surface area contributed by atoms with E-state index in [1.807, 2.05) is 60.7 Å². The molecule has 1 aliphatic rings. The minimum atomic E-state index is -1.25. The molecule has 1 aliphatic heterocycles. The third-order valence-electron chi connectivity index (χ3n) is 5.01. The number of quaternary nitrogens is 1. The first-order valence-corrected chi connectivity index (χ1v) is 8.79. The molecule has 2 aromatic rings. The molecule has 0 radical (unpaired) electrons. The molecular weight excluding hydrogens is 421 g/mol. The smallest absolute Gasteiger partial charge is 0.177 e. The molecule has 3 rings (SSSR count). The van der Waals surface area contributed by atoms with E-state index in [0.29, 0.717) is 0 Å². The van der Waals surface area contributed by atoms with Gasteiger partial charge in [-0.25, -0.2) is 0 Å². The van der Waals surface area contributed by atoms with Crippen molar-refractivity contribution in [3.8, 4) is 11.8 Å². The minimum absolute atomic E-state index is 0. The number of aliphatic hydroxyl groups is 1. The second-order valence-electron chi connectivity index (χ2n) is 7.03. The second-order valence-corrected chi connectivity index (χ2v) is 7.03. The zero-order valence-electron chi connectivity index (χ0n) is 14.8. The van der Waals surface area contributed by atoms with Gasteiger partial charge in [0, 0.05) is 11.1 Å². The summed E-state index contributed by atoms with van der Waals surface area (Å²) in [6.07, 6.45) is 3.89. The van der Waals surface area contributed by atoms with Crippen molar-refractivity contribution in [2.75, 3.05) is 26.7 Å². The molecule has 2 nitrogen and oxygen atoms in total. The fraction of sp³-hybridized carbons (Fsp3) is 0.364. The van der Waals surface area contributed by atoms with Gasteiger partial charge in [-0.2, -0.15) is 0 Å². The molecule has 0 spiro atoms. The summed E-state index contributed by atoms with van der Waals surface area (Å²) in [6, 6.07) is 19.5. The predicted octanol–water partition coefficient (Wildman–Crippen LogP) is 0.560. The van der Waals surface area contributed by atoms with Crippen LogP contribution in [-0.4, -0.2) is 36.3 Å². The lowest BCUT2D eigenvalue weighted by Crippen LogP contribution is -3.00. The van der Waals surface area contributed by atoms with Crippen molar-refractivity contribution in [3.63, 3.8) is 0 Å². The van der Waals surface area contributed by atoms with Crippen LogP contribution in [0.15, 0.2) is 60.7 Å². The third-order valence-corrected chi connectivity index (χ3v) is 5.01. The van der Waals surface area contributed by atoms with E-state index < -0.39 is 5.60 Å². The average Bonchev–Trinajstić information content (AvgIpc) is 2.63. The average molecular weight is 447 g/mol. The molecule has 25 heavy (non-hydrogen) atoms. The van der Waals surface area contributed by atoms with Crippen LogP contribution in [0.4, 0.5) is 0 Å². The van der Waals surface area contributed by atoms with Crippen LogP contribution in [-0.2, 0) is 5.60 Å². The molecule has 2 aromatic carbocycles. The number of hydrogen-bond donors (Lipinski definition) is 1. The van der Waals surface area contributed by atoms with Gasteiger partial charge >= 0.3 is 0 Å². The van der Waals surface area contributed by atoms with Gasteiger partial charge in [0.25, 0.3) is 0 Å². The summed E-state index contributed by atoms with van der Waals surface area (Å²) in [5.74, 6) is 6.50. The number of benzene rings is 2. The first kappa shape index (κ1) is 20.0. The number of halogens is 1. The summed E-state index contributed by atoms with van der Waals surface area (Å²) < 4.78 is 0.993. The van der Waals surface area contributed by atoms with Crippen molar-refractivity contribution in [1.82, 2.24) is 0 Å². The monoisotopic (exact) mass is 447 g/mol. The molecule has 0 unspecified atom stereocenters. The lowest BCUT2D eigenvalue weighted by atomic mass is 9.87. The van der Waals surface area contributed by atoms with Crippen molar-refractivity contribution in [2.45, 2.75) is 24.9 Å². The topological polar surface area (TPSA) is 20.2 Å². The van der Waals surface area contributed by atoms with E-state index in [9.17, 15) is 5.11 Å². The van der Waals surface area contributed by atoms with Crippen molar-refractivity contribution in [2.24, 2.45) is 0 Å². The minimum Gasteiger partial charge on any atom is -1.00 e. The molecule has 0 amide bonds.